The molecule has 2 heterocycles. The van der Waals surface area contributed by atoms with Crippen molar-refractivity contribution in [1.29, 1.82) is 0 Å². The normalized spacial score (nSPS) is 24.9. The minimum atomic E-state index is -1.17. The SMILES string of the molecule is NC1=NC(N)(c2cc(Cl)nc(Cl)c2)NN1. The molecular formula is C7H8Cl2N6. The van der Waals surface area contributed by atoms with E-state index in [2.05, 4.69) is 20.8 Å². The second-order valence-corrected chi connectivity index (χ2v) is 3.79. The molecule has 6 N–H and O–H groups in total. The maximum Gasteiger partial charge on any atom is 0.209 e. The number of aromatic nitrogens is 1. The first-order valence-corrected chi connectivity index (χ1v) is 4.76. The van der Waals surface area contributed by atoms with E-state index in [0.29, 0.717) is 5.56 Å². The minimum absolute atomic E-state index is 0.196. The maximum absolute atomic E-state index is 5.92. The van der Waals surface area contributed by atoms with Crippen LogP contribution in [0.5, 0.6) is 0 Å². The third-order valence-electron chi connectivity index (χ3n) is 1.88. The summed E-state index contributed by atoms with van der Waals surface area (Å²) in [6, 6.07) is 3.12. The molecule has 0 bridgehead atoms. The standard InChI is InChI=1S/C7H8Cl2N6/c8-4-1-3(2-5(9)12-4)7(11)13-6(10)14-15-7/h1-2,15H,11H2,(H3,10,13,14). The van der Waals surface area contributed by atoms with Crippen LogP contribution in [0.1, 0.15) is 5.56 Å². The number of guanidine groups is 1. The molecule has 0 amide bonds. The Hall–Kier alpha value is -1.08. The summed E-state index contributed by atoms with van der Waals surface area (Å²) in [5, 5.41) is 0.481. The van der Waals surface area contributed by atoms with Gasteiger partial charge in [0.1, 0.15) is 10.3 Å². The molecule has 8 heteroatoms. The zero-order chi connectivity index (χ0) is 11.1. The average Bonchev–Trinajstić information content (AvgIpc) is 2.46. The molecule has 1 atom stereocenters. The fourth-order valence-corrected chi connectivity index (χ4v) is 1.69. The van der Waals surface area contributed by atoms with Crippen LogP contribution in [0.4, 0.5) is 0 Å². The quantitative estimate of drug-likeness (QED) is 0.518. The molecule has 0 fully saturated rings. The van der Waals surface area contributed by atoms with Crippen molar-refractivity contribution in [3.8, 4) is 0 Å². The van der Waals surface area contributed by atoms with Crippen molar-refractivity contribution >= 4 is 29.2 Å². The minimum Gasteiger partial charge on any atom is -0.369 e. The zero-order valence-electron chi connectivity index (χ0n) is 7.46. The van der Waals surface area contributed by atoms with Crippen LogP contribution in [0.2, 0.25) is 10.3 Å². The molecule has 0 radical (unpaired) electrons. The van der Waals surface area contributed by atoms with Gasteiger partial charge in [-0.3, -0.25) is 11.2 Å². The highest BCUT2D eigenvalue weighted by Crippen LogP contribution is 2.23. The molecule has 1 aliphatic heterocycles. The molecule has 80 valence electrons. The Morgan fingerprint density at radius 1 is 1.27 bits per heavy atom. The lowest BCUT2D eigenvalue weighted by Crippen LogP contribution is -2.50. The molecule has 15 heavy (non-hydrogen) atoms. The fraction of sp³-hybridized carbons (Fsp3) is 0.143. The van der Waals surface area contributed by atoms with E-state index in [0.717, 1.165) is 0 Å². The summed E-state index contributed by atoms with van der Waals surface area (Å²) >= 11 is 11.5. The third kappa shape index (κ3) is 1.98. The van der Waals surface area contributed by atoms with Gasteiger partial charge in [-0.15, -0.1) is 0 Å². The van der Waals surface area contributed by atoms with Gasteiger partial charge in [0.25, 0.3) is 0 Å². The predicted molar refractivity (Wildman–Crippen MR) is 58.0 cm³/mol. The van der Waals surface area contributed by atoms with Gasteiger partial charge < -0.3 is 5.73 Å². The van der Waals surface area contributed by atoms with Crippen molar-refractivity contribution in [3.63, 3.8) is 0 Å². The van der Waals surface area contributed by atoms with E-state index in [1.165, 1.54) is 0 Å². The summed E-state index contributed by atoms with van der Waals surface area (Å²) in [5.74, 6) is -0.970. The van der Waals surface area contributed by atoms with E-state index in [4.69, 9.17) is 34.7 Å². The number of aliphatic imine (C=N–C) groups is 1. The summed E-state index contributed by atoms with van der Waals surface area (Å²) in [5.41, 5.74) is 17.2. The Morgan fingerprint density at radius 3 is 2.33 bits per heavy atom. The van der Waals surface area contributed by atoms with Crippen molar-refractivity contribution in [2.45, 2.75) is 5.79 Å². The van der Waals surface area contributed by atoms with E-state index < -0.39 is 5.79 Å². The largest absolute Gasteiger partial charge is 0.369 e. The first kappa shape index (κ1) is 10.4. The molecule has 2 rings (SSSR count). The number of nitrogens with one attached hydrogen (secondary N) is 2. The van der Waals surface area contributed by atoms with Gasteiger partial charge in [0.2, 0.25) is 11.7 Å². The molecule has 0 aliphatic carbocycles. The summed E-state index contributed by atoms with van der Waals surface area (Å²) in [6.07, 6.45) is 0. The van der Waals surface area contributed by atoms with E-state index in [1.807, 2.05) is 0 Å². The third-order valence-corrected chi connectivity index (χ3v) is 2.27. The van der Waals surface area contributed by atoms with Crippen LogP contribution < -0.4 is 22.3 Å². The Kier molecular flexibility index (Phi) is 2.43. The van der Waals surface area contributed by atoms with E-state index in [-0.39, 0.29) is 16.3 Å². The van der Waals surface area contributed by atoms with Crippen molar-refractivity contribution in [2.24, 2.45) is 16.5 Å². The molecule has 6 nitrogen and oxygen atoms in total. The highest BCUT2D eigenvalue weighted by atomic mass is 35.5. The summed E-state index contributed by atoms with van der Waals surface area (Å²) < 4.78 is 0. The van der Waals surface area contributed by atoms with Crippen LogP contribution in [0.3, 0.4) is 0 Å². The number of nitrogens with two attached hydrogens (primary N) is 2. The van der Waals surface area contributed by atoms with Gasteiger partial charge in [-0.1, -0.05) is 23.2 Å². The highest BCUT2D eigenvalue weighted by molar-refractivity contribution is 6.32. The maximum atomic E-state index is 5.92. The Bertz CT molecular complexity index is 413. The smallest absolute Gasteiger partial charge is 0.209 e. The topological polar surface area (TPSA) is 101 Å². The van der Waals surface area contributed by atoms with Gasteiger partial charge in [0, 0.05) is 5.56 Å². The van der Waals surface area contributed by atoms with Gasteiger partial charge in [-0.2, -0.15) is 5.43 Å². The number of pyridine rings is 1. The molecule has 1 aromatic rings. The van der Waals surface area contributed by atoms with Gasteiger partial charge in [-0.25, -0.2) is 9.98 Å². The van der Waals surface area contributed by atoms with Crippen molar-refractivity contribution in [1.82, 2.24) is 15.8 Å². The lowest BCUT2D eigenvalue weighted by atomic mass is 10.1. The first-order chi connectivity index (χ1) is 6.99. The summed E-state index contributed by atoms with van der Waals surface area (Å²) in [6.45, 7) is 0. The van der Waals surface area contributed by atoms with Gasteiger partial charge in [0.05, 0.1) is 0 Å². The highest BCUT2D eigenvalue weighted by Gasteiger charge is 2.32. The molecule has 1 aromatic heterocycles. The summed E-state index contributed by atoms with van der Waals surface area (Å²) in [7, 11) is 0. The number of nitrogens with zero attached hydrogens (tertiary/aromatic N) is 2. The summed E-state index contributed by atoms with van der Waals surface area (Å²) in [4.78, 5) is 7.78. The van der Waals surface area contributed by atoms with Gasteiger partial charge in [0.15, 0.2) is 0 Å². The van der Waals surface area contributed by atoms with Crippen LogP contribution >= 0.6 is 23.2 Å². The monoisotopic (exact) mass is 246 g/mol. The second kappa shape index (κ2) is 3.49. The fourth-order valence-electron chi connectivity index (χ4n) is 1.23. The lowest BCUT2D eigenvalue weighted by molar-refractivity contribution is 0.375. The van der Waals surface area contributed by atoms with Crippen LogP contribution in [0, 0.1) is 0 Å². The lowest BCUT2D eigenvalue weighted by Gasteiger charge is -2.20. The first-order valence-electron chi connectivity index (χ1n) is 4.00. The van der Waals surface area contributed by atoms with E-state index in [1.54, 1.807) is 12.1 Å². The predicted octanol–water partition coefficient (Wildman–Crippen LogP) is -0.120. The van der Waals surface area contributed by atoms with Crippen LogP contribution in [0.25, 0.3) is 0 Å². The Morgan fingerprint density at radius 2 is 1.87 bits per heavy atom. The average molecular weight is 247 g/mol. The number of hydrogen-bond acceptors (Lipinski definition) is 6. The van der Waals surface area contributed by atoms with E-state index >= 15 is 0 Å². The van der Waals surface area contributed by atoms with Crippen molar-refractivity contribution < 1.29 is 0 Å². The number of hydrogen-bond donors (Lipinski definition) is 4. The molecule has 0 spiro atoms. The number of halogens is 2. The molecule has 0 aromatic carbocycles. The van der Waals surface area contributed by atoms with Crippen molar-refractivity contribution in [2.75, 3.05) is 0 Å². The van der Waals surface area contributed by atoms with Crippen LogP contribution in [0.15, 0.2) is 17.1 Å². The van der Waals surface area contributed by atoms with Gasteiger partial charge >= 0.3 is 0 Å². The molecule has 1 unspecified atom stereocenters. The second-order valence-electron chi connectivity index (χ2n) is 3.01. The van der Waals surface area contributed by atoms with Crippen LogP contribution in [-0.2, 0) is 5.79 Å². The molecule has 0 saturated carbocycles. The van der Waals surface area contributed by atoms with Crippen molar-refractivity contribution in [3.05, 3.63) is 28.0 Å². The number of rotatable bonds is 1. The molecule has 0 saturated heterocycles. The number of hydrazine groups is 1. The Balaban J connectivity index is 2.45. The molecule has 1 aliphatic rings. The Labute approximate surface area is 95.6 Å². The zero-order valence-corrected chi connectivity index (χ0v) is 8.97. The van der Waals surface area contributed by atoms with Gasteiger partial charge in [-0.05, 0) is 12.1 Å². The van der Waals surface area contributed by atoms with E-state index in [9.17, 15) is 0 Å². The van der Waals surface area contributed by atoms with Crippen LogP contribution in [-0.4, -0.2) is 10.9 Å². The molecular weight excluding hydrogens is 239 g/mol.